The van der Waals surface area contributed by atoms with Gasteiger partial charge in [-0.15, -0.1) is 0 Å². The van der Waals surface area contributed by atoms with Crippen molar-refractivity contribution >= 4 is 11.6 Å². The highest BCUT2D eigenvalue weighted by molar-refractivity contribution is 6.32. The molecular weight excluding hydrogens is 359 g/mol. The third-order valence-electron chi connectivity index (χ3n) is 5.65. The average molecular weight is 391 g/mol. The van der Waals surface area contributed by atoms with Crippen molar-refractivity contribution in [1.82, 2.24) is 0 Å². The van der Waals surface area contributed by atoms with Gasteiger partial charge in [-0.3, -0.25) is 0 Å². The van der Waals surface area contributed by atoms with Gasteiger partial charge in [0.2, 0.25) is 0 Å². The maximum Gasteiger partial charge on any atom is 0.153 e. The fraction of sp³-hybridized carbons (Fsp3) is 0.500. The van der Waals surface area contributed by atoms with Crippen molar-refractivity contribution in [3.63, 3.8) is 0 Å². The van der Waals surface area contributed by atoms with Gasteiger partial charge in [-0.05, 0) is 47.9 Å². The number of hydrogen-bond acceptors (Lipinski definition) is 1. The largest absolute Gasteiger partial charge is 0.506 e. The third kappa shape index (κ3) is 5.97. The monoisotopic (exact) mass is 390 g/mol. The van der Waals surface area contributed by atoms with Crippen LogP contribution in [0.1, 0.15) is 77.2 Å². The van der Waals surface area contributed by atoms with Gasteiger partial charge in [0, 0.05) is 5.56 Å². The zero-order chi connectivity index (χ0) is 19.8. The molecule has 2 unspecified atom stereocenters. The van der Waals surface area contributed by atoms with Crippen molar-refractivity contribution < 1.29 is 9.50 Å². The number of aromatic hydroxyl groups is 1. The molecule has 2 aromatic carbocycles. The highest BCUT2D eigenvalue weighted by Gasteiger charge is 2.14. The van der Waals surface area contributed by atoms with Crippen LogP contribution in [-0.4, -0.2) is 5.11 Å². The first kappa shape index (κ1) is 21.8. The van der Waals surface area contributed by atoms with Gasteiger partial charge in [0.05, 0.1) is 0 Å². The van der Waals surface area contributed by atoms with Crippen molar-refractivity contribution in [3.05, 3.63) is 52.8 Å². The lowest BCUT2D eigenvalue weighted by Crippen LogP contribution is -2.02. The summed E-state index contributed by atoms with van der Waals surface area (Å²) >= 11 is 5.82. The number of unbranched alkanes of at least 4 members (excludes halogenated alkanes) is 2. The second-order valence-corrected chi connectivity index (χ2v) is 8.01. The Bertz CT molecular complexity index is 711. The number of phenolic OH excluding ortho intramolecular Hbond substituents is 1. The van der Waals surface area contributed by atoms with E-state index in [2.05, 4.69) is 32.9 Å². The van der Waals surface area contributed by atoms with Crippen LogP contribution >= 0.6 is 11.6 Å². The molecule has 0 aromatic heterocycles. The van der Waals surface area contributed by atoms with Crippen molar-refractivity contribution in [3.8, 4) is 16.9 Å². The summed E-state index contributed by atoms with van der Waals surface area (Å²) in [6.45, 7) is 6.82. The predicted octanol–water partition coefficient (Wildman–Crippen LogP) is 8.34. The Kier molecular flexibility index (Phi) is 8.63. The van der Waals surface area contributed by atoms with Crippen LogP contribution in [0, 0.1) is 11.7 Å². The molecule has 0 bridgehead atoms. The summed E-state index contributed by atoms with van der Waals surface area (Å²) in [7, 11) is 0. The minimum atomic E-state index is -0.574. The highest BCUT2D eigenvalue weighted by atomic mass is 35.5. The van der Waals surface area contributed by atoms with E-state index in [0.29, 0.717) is 11.5 Å². The normalized spacial score (nSPS) is 13.5. The fourth-order valence-corrected chi connectivity index (χ4v) is 3.81. The van der Waals surface area contributed by atoms with Crippen LogP contribution in [0.2, 0.25) is 5.02 Å². The Morgan fingerprint density at radius 1 is 0.963 bits per heavy atom. The molecule has 3 heteroatoms. The molecule has 0 aliphatic carbocycles. The minimum absolute atomic E-state index is 0.223. The van der Waals surface area contributed by atoms with Gasteiger partial charge in [0.1, 0.15) is 10.8 Å². The Balaban J connectivity index is 1.99. The quantitative estimate of drug-likeness (QED) is 0.404. The van der Waals surface area contributed by atoms with E-state index >= 15 is 0 Å². The maximum absolute atomic E-state index is 14.3. The summed E-state index contributed by atoms with van der Waals surface area (Å²) in [5, 5.41) is 9.29. The molecule has 1 nitrogen and oxygen atoms in total. The Hall–Kier alpha value is -1.54. The number of hydrogen-bond donors (Lipinski definition) is 1. The second kappa shape index (κ2) is 10.7. The first-order chi connectivity index (χ1) is 13.0. The summed E-state index contributed by atoms with van der Waals surface area (Å²) in [6.07, 6.45) is 9.03. The zero-order valence-electron chi connectivity index (χ0n) is 16.8. The van der Waals surface area contributed by atoms with Crippen LogP contribution in [0.4, 0.5) is 4.39 Å². The van der Waals surface area contributed by atoms with Crippen molar-refractivity contribution in [1.29, 1.82) is 0 Å². The van der Waals surface area contributed by atoms with Gasteiger partial charge in [-0.2, -0.15) is 0 Å². The number of halogens is 2. The van der Waals surface area contributed by atoms with Gasteiger partial charge in [0.15, 0.2) is 5.82 Å². The van der Waals surface area contributed by atoms with Crippen molar-refractivity contribution in [2.45, 2.75) is 71.6 Å². The van der Waals surface area contributed by atoms with E-state index in [1.165, 1.54) is 56.6 Å². The molecule has 0 heterocycles. The number of rotatable bonds is 10. The van der Waals surface area contributed by atoms with Crippen LogP contribution in [0.25, 0.3) is 11.1 Å². The zero-order valence-corrected chi connectivity index (χ0v) is 17.5. The molecule has 0 spiro atoms. The van der Waals surface area contributed by atoms with E-state index in [4.69, 9.17) is 11.6 Å². The van der Waals surface area contributed by atoms with Crippen molar-refractivity contribution in [2.24, 2.45) is 5.92 Å². The smallest absolute Gasteiger partial charge is 0.153 e. The molecule has 2 rings (SSSR count). The molecule has 0 amide bonds. The predicted molar refractivity (Wildman–Crippen MR) is 114 cm³/mol. The maximum atomic E-state index is 14.3. The number of phenols is 1. The summed E-state index contributed by atoms with van der Waals surface area (Å²) in [6, 6.07) is 11.0. The van der Waals surface area contributed by atoms with Crippen LogP contribution in [0.3, 0.4) is 0 Å². The van der Waals surface area contributed by atoms with E-state index in [9.17, 15) is 9.50 Å². The third-order valence-corrected chi connectivity index (χ3v) is 6.01. The Labute approximate surface area is 168 Å². The van der Waals surface area contributed by atoms with Gasteiger partial charge in [-0.1, -0.05) is 88.7 Å². The Morgan fingerprint density at radius 2 is 1.67 bits per heavy atom. The molecule has 2 atom stereocenters. The van der Waals surface area contributed by atoms with Crippen molar-refractivity contribution in [2.75, 3.05) is 0 Å². The first-order valence-corrected chi connectivity index (χ1v) is 10.6. The molecule has 0 aliphatic rings. The topological polar surface area (TPSA) is 20.2 Å². The number of benzene rings is 2. The van der Waals surface area contributed by atoms with Gasteiger partial charge in [0.25, 0.3) is 0 Å². The molecule has 1 N–H and O–H groups in total. The van der Waals surface area contributed by atoms with Crippen LogP contribution < -0.4 is 0 Å². The van der Waals surface area contributed by atoms with E-state index in [0.717, 1.165) is 11.5 Å². The molecular formula is C24H32ClFO. The lowest BCUT2D eigenvalue weighted by molar-refractivity contribution is 0.393. The van der Waals surface area contributed by atoms with Crippen LogP contribution in [0.5, 0.6) is 5.75 Å². The van der Waals surface area contributed by atoms with E-state index in [1.807, 2.05) is 12.1 Å². The van der Waals surface area contributed by atoms with Crippen LogP contribution in [-0.2, 0) is 0 Å². The van der Waals surface area contributed by atoms with E-state index in [1.54, 1.807) is 6.07 Å². The molecule has 0 radical (unpaired) electrons. The lowest BCUT2D eigenvalue weighted by Gasteiger charge is -2.18. The second-order valence-electron chi connectivity index (χ2n) is 7.63. The molecule has 0 fully saturated rings. The molecule has 0 saturated carbocycles. The molecule has 27 heavy (non-hydrogen) atoms. The van der Waals surface area contributed by atoms with Gasteiger partial charge in [-0.25, -0.2) is 4.39 Å². The fourth-order valence-electron chi connectivity index (χ4n) is 3.64. The Morgan fingerprint density at radius 3 is 2.30 bits per heavy atom. The molecule has 2 aromatic rings. The summed E-state index contributed by atoms with van der Waals surface area (Å²) in [4.78, 5) is 0. The highest BCUT2D eigenvalue weighted by Crippen LogP contribution is 2.34. The lowest BCUT2D eigenvalue weighted by atomic mass is 9.87. The standard InChI is InChI=1S/C24H32ClFO/c1-4-6-7-8-18(5-2)10-9-17(3)19-11-13-20(14-12-19)21-15-16-22(27)23(25)24(21)26/h11-18,27H,4-10H2,1-3H3. The average Bonchev–Trinajstić information content (AvgIpc) is 2.69. The van der Waals surface area contributed by atoms with E-state index < -0.39 is 5.82 Å². The first-order valence-electron chi connectivity index (χ1n) is 10.2. The molecule has 148 valence electrons. The van der Waals surface area contributed by atoms with E-state index in [-0.39, 0.29) is 10.8 Å². The van der Waals surface area contributed by atoms with Crippen LogP contribution in [0.15, 0.2) is 36.4 Å². The summed E-state index contributed by atoms with van der Waals surface area (Å²) < 4.78 is 14.3. The summed E-state index contributed by atoms with van der Waals surface area (Å²) in [5.41, 5.74) is 2.47. The van der Waals surface area contributed by atoms with Gasteiger partial charge >= 0.3 is 0 Å². The minimum Gasteiger partial charge on any atom is -0.506 e. The van der Waals surface area contributed by atoms with Gasteiger partial charge < -0.3 is 5.11 Å². The summed E-state index contributed by atoms with van der Waals surface area (Å²) in [5.74, 6) is 0.516. The SMILES string of the molecule is CCCCCC(CC)CCC(C)c1ccc(-c2ccc(O)c(Cl)c2F)cc1. The molecule has 0 saturated heterocycles. The molecule has 0 aliphatic heterocycles.